The molecule has 0 N–H and O–H groups in total. The van der Waals surface area contributed by atoms with Gasteiger partial charge < -0.3 is 4.74 Å². The van der Waals surface area contributed by atoms with Gasteiger partial charge in [0.25, 0.3) is 0 Å². The lowest BCUT2D eigenvalue weighted by Crippen LogP contribution is -2.39. The number of likely N-dealkylation sites (tertiary alicyclic amines) is 1. The minimum absolute atomic E-state index is 0.181. The van der Waals surface area contributed by atoms with Crippen LogP contribution in [0.25, 0.3) is 0 Å². The molecule has 1 aliphatic rings. The summed E-state index contributed by atoms with van der Waals surface area (Å²) in [6.45, 7) is 6.73. The van der Waals surface area contributed by atoms with Crippen LogP contribution in [0.1, 0.15) is 33.6 Å². The SMILES string of the molecule is CC[C@H](OC(C)C)[C@@H]1C[C@@H](F)CN1C. The summed E-state index contributed by atoms with van der Waals surface area (Å²) < 4.78 is 19.0. The second-order valence-electron chi connectivity index (χ2n) is 4.47. The van der Waals surface area contributed by atoms with Gasteiger partial charge >= 0.3 is 0 Å². The highest BCUT2D eigenvalue weighted by molar-refractivity contribution is 4.88. The van der Waals surface area contributed by atoms with Gasteiger partial charge in [-0.15, -0.1) is 0 Å². The number of halogens is 1. The quantitative estimate of drug-likeness (QED) is 0.694. The molecule has 0 radical (unpaired) electrons. The molecule has 1 rings (SSSR count). The summed E-state index contributed by atoms with van der Waals surface area (Å²) in [4.78, 5) is 2.08. The van der Waals surface area contributed by atoms with Gasteiger partial charge in [-0.2, -0.15) is 0 Å². The van der Waals surface area contributed by atoms with Crippen molar-refractivity contribution in [2.24, 2.45) is 0 Å². The van der Waals surface area contributed by atoms with Crippen molar-refractivity contribution in [3.63, 3.8) is 0 Å². The summed E-state index contributed by atoms with van der Waals surface area (Å²) >= 11 is 0. The molecule has 0 unspecified atom stereocenters. The molecule has 1 saturated heterocycles. The van der Waals surface area contributed by atoms with Crippen molar-refractivity contribution < 1.29 is 9.13 Å². The largest absolute Gasteiger partial charge is 0.374 e. The van der Waals surface area contributed by atoms with Crippen LogP contribution in [0.5, 0.6) is 0 Å². The summed E-state index contributed by atoms with van der Waals surface area (Å²) in [6, 6.07) is 0.261. The van der Waals surface area contributed by atoms with Gasteiger partial charge in [-0.1, -0.05) is 6.92 Å². The normalized spacial score (nSPS) is 31.3. The van der Waals surface area contributed by atoms with Crippen LogP contribution in [-0.4, -0.2) is 42.9 Å². The lowest BCUT2D eigenvalue weighted by Gasteiger charge is -2.29. The second kappa shape index (κ2) is 5.08. The molecule has 0 saturated carbocycles. The Kier molecular flexibility index (Phi) is 4.32. The fraction of sp³-hybridized carbons (Fsp3) is 1.00. The summed E-state index contributed by atoms with van der Waals surface area (Å²) in [5.74, 6) is 0. The summed E-state index contributed by atoms with van der Waals surface area (Å²) in [5.41, 5.74) is 0. The van der Waals surface area contributed by atoms with Crippen LogP contribution in [0.2, 0.25) is 0 Å². The topological polar surface area (TPSA) is 12.5 Å². The molecule has 0 aromatic rings. The first-order chi connectivity index (χ1) is 6.54. The maximum atomic E-state index is 13.2. The Balaban J connectivity index is 2.51. The Morgan fingerprint density at radius 3 is 2.50 bits per heavy atom. The van der Waals surface area contributed by atoms with Gasteiger partial charge in [0, 0.05) is 12.6 Å². The number of ether oxygens (including phenoxy) is 1. The fourth-order valence-electron chi connectivity index (χ4n) is 2.21. The maximum absolute atomic E-state index is 13.2. The van der Waals surface area contributed by atoms with Crippen LogP contribution in [-0.2, 0) is 4.74 Å². The van der Waals surface area contributed by atoms with Crippen molar-refractivity contribution in [2.75, 3.05) is 13.6 Å². The lowest BCUT2D eigenvalue weighted by atomic mass is 10.1. The third kappa shape index (κ3) is 2.92. The molecule has 1 fully saturated rings. The van der Waals surface area contributed by atoms with E-state index in [-0.39, 0.29) is 18.2 Å². The molecule has 0 aromatic heterocycles. The Hall–Kier alpha value is -0.150. The minimum atomic E-state index is -0.671. The monoisotopic (exact) mass is 203 g/mol. The van der Waals surface area contributed by atoms with E-state index in [0.29, 0.717) is 13.0 Å². The number of nitrogens with zero attached hydrogens (tertiary/aromatic N) is 1. The Morgan fingerprint density at radius 1 is 1.50 bits per heavy atom. The van der Waals surface area contributed by atoms with E-state index in [1.807, 2.05) is 20.9 Å². The number of alkyl halides is 1. The molecule has 3 heteroatoms. The van der Waals surface area contributed by atoms with Gasteiger partial charge in [0.05, 0.1) is 12.2 Å². The molecule has 0 amide bonds. The molecule has 3 atom stereocenters. The zero-order valence-corrected chi connectivity index (χ0v) is 9.66. The highest BCUT2D eigenvalue weighted by Crippen LogP contribution is 2.24. The minimum Gasteiger partial charge on any atom is -0.374 e. The molecule has 0 aromatic carbocycles. The predicted molar refractivity (Wildman–Crippen MR) is 56.2 cm³/mol. The van der Waals surface area contributed by atoms with Crippen LogP contribution in [0.3, 0.4) is 0 Å². The standard InChI is InChI=1S/C11H22FNO/c1-5-11(14-8(2)3)10-6-9(12)7-13(10)4/h8-11H,5-7H2,1-4H3/t9-,10+,11+/m1/s1. The van der Waals surface area contributed by atoms with Crippen LogP contribution < -0.4 is 0 Å². The molecule has 0 bridgehead atoms. The third-order valence-corrected chi connectivity index (χ3v) is 2.83. The molecule has 1 aliphatic heterocycles. The van der Waals surface area contributed by atoms with Gasteiger partial charge in [-0.25, -0.2) is 4.39 Å². The molecular weight excluding hydrogens is 181 g/mol. The number of likely N-dealkylation sites (N-methyl/N-ethyl adjacent to an activating group) is 1. The van der Waals surface area contributed by atoms with Gasteiger partial charge in [0.1, 0.15) is 6.17 Å². The van der Waals surface area contributed by atoms with Crippen molar-refractivity contribution in [3.05, 3.63) is 0 Å². The van der Waals surface area contributed by atoms with Crippen molar-refractivity contribution in [1.29, 1.82) is 0 Å². The van der Waals surface area contributed by atoms with E-state index >= 15 is 0 Å². The first kappa shape index (κ1) is 11.9. The molecule has 14 heavy (non-hydrogen) atoms. The summed E-state index contributed by atoms with van der Waals surface area (Å²) in [5, 5.41) is 0. The number of hydrogen-bond acceptors (Lipinski definition) is 2. The number of rotatable bonds is 4. The van der Waals surface area contributed by atoms with Crippen molar-refractivity contribution >= 4 is 0 Å². The Bertz CT molecular complexity index is 175. The second-order valence-corrected chi connectivity index (χ2v) is 4.47. The summed E-state index contributed by atoms with van der Waals surface area (Å²) in [6.07, 6.45) is 1.32. The van der Waals surface area contributed by atoms with E-state index in [9.17, 15) is 4.39 Å². The average molecular weight is 203 g/mol. The van der Waals surface area contributed by atoms with Gasteiger partial charge in [0.2, 0.25) is 0 Å². The lowest BCUT2D eigenvalue weighted by molar-refractivity contribution is -0.0329. The van der Waals surface area contributed by atoms with E-state index in [1.54, 1.807) is 0 Å². The fourth-order valence-corrected chi connectivity index (χ4v) is 2.21. The Labute approximate surface area is 86.4 Å². The third-order valence-electron chi connectivity index (χ3n) is 2.83. The van der Waals surface area contributed by atoms with Crippen LogP contribution in [0.4, 0.5) is 4.39 Å². The smallest absolute Gasteiger partial charge is 0.114 e. The highest BCUT2D eigenvalue weighted by Gasteiger charge is 2.35. The average Bonchev–Trinajstić information content (AvgIpc) is 2.41. The van der Waals surface area contributed by atoms with Gasteiger partial charge in [-0.05, 0) is 33.7 Å². The zero-order chi connectivity index (χ0) is 10.7. The number of hydrogen-bond donors (Lipinski definition) is 0. The zero-order valence-electron chi connectivity index (χ0n) is 9.66. The van der Waals surface area contributed by atoms with E-state index in [2.05, 4.69) is 11.8 Å². The van der Waals surface area contributed by atoms with Crippen LogP contribution in [0.15, 0.2) is 0 Å². The van der Waals surface area contributed by atoms with Crippen molar-refractivity contribution in [2.45, 2.75) is 58.0 Å². The van der Waals surface area contributed by atoms with Crippen LogP contribution in [0, 0.1) is 0 Å². The Morgan fingerprint density at radius 2 is 2.14 bits per heavy atom. The summed E-state index contributed by atoms with van der Waals surface area (Å²) in [7, 11) is 1.98. The van der Waals surface area contributed by atoms with E-state index in [4.69, 9.17) is 4.74 Å². The predicted octanol–water partition coefficient (Wildman–Crippen LogP) is 2.23. The van der Waals surface area contributed by atoms with E-state index in [1.165, 1.54) is 0 Å². The maximum Gasteiger partial charge on any atom is 0.114 e. The highest BCUT2D eigenvalue weighted by atomic mass is 19.1. The molecule has 1 heterocycles. The van der Waals surface area contributed by atoms with Crippen LogP contribution >= 0.6 is 0 Å². The van der Waals surface area contributed by atoms with Gasteiger partial charge in [-0.3, -0.25) is 4.90 Å². The molecule has 0 spiro atoms. The van der Waals surface area contributed by atoms with Crippen molar-refractivity contribution in [1.82, 2.24) is 4.90 Å². The first-order valence-electron chi connectivity index (χ1n) is 5.54. The van der Waals surface area contributed by atoms with E-state index < -0.39 is 6.17 Å². The molecule has 2 nitrogen and oxygen atoms in total. The van der Waals surface area contributed by atoms with Crippen molar-refractivity contribution in [3.8, 4) is 0 Å². The van der Waals surface area contributed by atoms with Gasteiger partial charge in [0.15, 0.2) is 0 Å². The van der Waals surface area contributed by atoms with E-state index in [0.717, 1.165) is 6.42 Å². The molecule has 84 valence electrons. The molecular formula is C11H22FNO. The molecule has 0 aliphatic carbocycles. The first-order valence-corrected chi connectivity index (χ1v) is 5.54.